The van der Waals surface area contributed by atoms with Crippen molar-refractivity contribution in [3.63, 3.8) is 0 Å². The van der Waals surface area contributed by atoms with Gasteiger partial charge in [-0.25, -0.2) is 0 Å². The fourth-order valence-corrected chi connectivity index (χ4v) is 7.32. The van der Waals surface area contributed by atoms with Crippen LogP contribution in [0.25, 0.3) is 50.2 Å². The minimum absolute atomic E-state index is 0. The second-order valence-electron chi connectivity index (χ2n) is 13.1. The summed E-state index contributed by atoms with van der Waals surface area (Å²) >= 11 is 0. The molecule has 7 aromatic rings. The molecule has 3 N–H and O–H groups in total. The van der Waals surface area contributed by atoms with Crippen LogP contribution in [0.15, 0.2) is 158 Å². The topological polar surface area (TPSA) is 59.4 Å². The van der Waals surface area contributed by atoms with E-state index >= 15 is 0 Å². The smallest absolute Gasteiger partial charge is 0.0868 e. The van der Waals surface area contributed by atoms with Crippen LogP contribution in [0.5, 0.6) is 0 Å². The molecule has 0 fully saturated rings. The second-order valence-corrected chi connectivity index (χ2v) is 13.1. The van der Waals surface area contributed by atoms with E-state index in [1.807, 2.05) is 49.5 Å². The summed E-state index contributed by atoms with van der Waals surface area (Å²) in [5.74, 6) is 0. The summed E-state index contributed by atoms with van der Waals surface area (Å²) in [7, 11) is 3.55. The number of anilines is 2. The van der Waals surface area contributed by atoms with E-state index in [4.69, 9.17) is 5.41 Å². The molecule has 0 spiro atoms. The summed E-state index contributed by atoms with van der Waals surface area (Å²) < 4.78 is 0. The Morgan fingerprint density at radius 2 is 1.28 bits per heavy atom. The van der Waals surface area contributed by atoms with Crippen LogP contribution in [0.1, 0.15) is 34.2 Å². The number of hydrogen-bond donors (Lipinski definition) is 3. The maximum absolute atomic E-state index is 10.3. The van der Waals surface area contributed by atoms with E-state index in [1.165, 1.54) is 61.0 Å². The Hall–Kier alpha value is -5.13. The predicted octanol–water partition coefficient (Wildman–Crippen LogP) is 11.9. The molecule has 0 aliphatic heterocycles. The minimum Gasteiger partial charge on any atom is -0.386 e. The zero-order chi connectivity index (χ0) is 35.9. The fourth-order valence-electron chi connectivity index (χ4n) is 7.32. The van der Waals surface area contributed by atoms with E-state index in [2.05, 4.69) is 127 Å². The maximum Gasteiger partial charge on any atom is 0.0868 e. The van der Waals surface area contributed by atoms with Crippen LogP contribution in [0.4, 0.5) is 11.4 Å². The summed E-state index contributed by atoms with van der Waals surface area (Å²) in [5, 5.41) is 24.5. The summed E-state index contributed by atoms with van der Waals surface area (Å²) in [6.45, 7) is 0. The molecule has 259 valence electrons. The van der Waals surface area contributed by atoms with Gasteiger partial charge in [-0.15, -0.1) is 0 Å². The quantitative estimate of drug-likeness (QED) is 0.107. The fraction of sp³-hybridized carbons (Fsp3) is 0.104. The molecule has 8 rings (SSSR count). The zero-order valence-corrected chi connectivity index (χ0v) is 33.1. The molecule has 1 radical (unpaired) electrons. The summed E-state index contributed by atoms with van der Waals surface area (Å²) in [6, 6.07) is 52.9. The molecule has 1 aliphatic carbocycles. The van der Waals surface area contributed by atoms with Gasteiger partial charge in [0.2, 0.25) is 0 Å². The predicted molar refractivity (Wildman–Crippen MR) is 221 cm³/mol. The van der Waals surface area contributed by atoms with Gasteiger partial charge in [0.1, 0.15) is 0 Å². The standard InChI is InChI=1S/C35H32N2O.C13H11N.Y/c1-36-32-21-20-27(23-33(32)37(2)38)35-30-14-8-6-12-28(30)34(29-13-7-9-15-31(29)35)26-18-16-25(17-19-26)22-24-10-4-3-5-11-24;14-10-12-8-4-5-9-13(12)11-6-2-1-3-7-11;/h3-8,10-14,16-21,23,36,38H,9,15,22H2,1-2H3;1-10,14H;. The van der Waals surface area contributed by atoms with E-state index in [-0.39, 0.29) is 32.7 Å². The minimum atomic E-state index is 0. The first-order chi connectivity index (χ1) is 25.6. The van der Waals surface area contributed by atoms with E-state index in [0.717, 1.165) is 52.9 Å². The molecule has 0 bridgehead atoms. The van der Waals surface area contributed by atoms with Gasteiger partial charge in [-0.1, -0.05) is 152 Å². The molecule has 0 amide bonds. The molecule has 1 aliphatic rings. The number of nitrogens with one attached hydrogen (secondary N) is 2. The first-order valence-electron chi connectivity index (χ1n) is 17.8. The molecule has 7 aromatic carbocycles. The van der Waals surface area contributed by atoms with Crippen LogP contribution in [-0.2, 0) is 45.6 Å². The Kier molecular flexibility index (Phi) is 12.5. The van der Waals surface area contributed by atoms with Crippen LogP contribution >= 0.6 is 0 Å². The van der Waals surface area contributed by atoms with Crippen molar-refractivity contribution in [1.29, 1.82) is 5.41 Å². The monoisotopic (exact) mass is 766 g/mol. The Bertz CT molecular complexity index is 2350. The Morgan fingerprint density at radius 1 is 0.679 bits per heavy atom. The van der Waals surface area contributed by atoms with E-state index < -0.39 is 0 Å². The van der Waals surface area contributed by atoms with Gasteiger partial charge < -0.3 is 10.7 Å². The van der Waals surface area contributed by atoms with Crippen molar-refractivity contribution in [3.8, 4) is 33.4 Å². The summed E-state index contributed by atoms with van der Waals surface area (Å²) in [6.07, 6.45) is 8.94. The Morgan fingerprint density at radius 3 is 1.96 bits per heavy atom. The summed E-state index contributed by atoms with van der Waals surface area (Å²) in [5.41, 5.74) is 15.1. The van der Waals surface area contributed by atoms with Gasteiger partial charge in [0, 0.05) is 53.0 Å². The average molecular weight is 767 g/mol. The third-order valence-corrected chi connectivity index (χ3v) is 9.81. The summed E-state index contributed by atoms with van der Waals surface area (Å²) in [4.78, 5) is 0. The van der Waals surface area contributed by atoms with Gasteiger partial charge in [0.15, 0.2) is 0 Å². The molecule has 4 nitrogen and oxygen atoms in total. The zero-order valence-electron chi connectivity index (χ0n) is 30.3. The van der Waals surface area contributed by atoms with Gasteiger partial charge >= 0.3 is 0 Å². The van der Waals surface area contributed by atoms with Crippen molar-refractivity contribution in [1.82, 2.24) is 0 Å². The maximum atomic E-state index is 10.3. The van der Waals surface area contributed by atoms with Gasteiger partial charge in [-0.2, -0.15) is 0 Å². The molecule has 0 aromatic heterocycles. The first kappa shape index (κ1) is 37.6. The molecule has 0 unspecified atom stereocenters. The third kappa shape index (κ3) is 8.26. The van der Waals surface area contributed by atoms with E-state index in [1.54, 1.807) is 7.05 Å². The molecular weight excluding hydrogens is 723 g/mol. The van der Waals surface area contributed by atoms with Gasteiger partial charge in [-0.3, -0.25) is 10.3 Å². The third-order valence-electron chi connectivity index (χ3n) is 9.81. The van der Waals surface area contributed by atoms with Crippen molar-refractivity contribution in [3.05, 3.63) is 186 Å². The molecule has 0 saturated carbocycles. The van der Waals surface area contributed by atoms with Crippen molar-refractivity contribution < 1.29 is 37.9 Å². The van der Waals surface area contributed by atoms with Crippen LogP contribution in [0.3, 0.4) is 0 Å². The molecular formula is C48H43N3OY. The molecule has 0 atom stereocenters. The number of allylic oxidation sites excluding steroid dienone is 1. The number of benzene rings is 7. The van der Waals surface area contributed by atoms with Crippen LogP contribution in [0, 0.1) is 5.41 Å². The van der Waals surface area contributed by atoms with Crippen LogP contribution in [-0.4, -0.2) is 25.5 Å². The van der Waals surface area contributed by atoms with Crippen LogP contribution < -0.4 is 10.4 Å². The Balaban J connectivity index is 0.000000269. The number of rotatable bonds is 8. The van der Waals surface area contributed by atoms with E-state index in [9.17, 15) is 5.21 Å². The Labute approximate surface area is 338 Å². The molecule has 0 heterocycles. The number of fused-ring (bicyclic) bond motifs is 2. The average Bonchev–Trinajstić information content (AvgIpc) is 3.21. The van der Waals surface area contributed by atoms with E-state index in [0.29, 0.717) is 0 Å². The van der Waals surface area contributed by atoms with Crippen molar-refractivity contribution in [2.75, 3.05) is 24.5 Å². The largest absolute Gasteiger partial charge is 0.386 e. The number of nitrogens with zero attached hydrogens (tertiary/aromatic N) is 1. The first-order valence-corrected chi connectivity index (χ1v) is 17.8. The van der Waals surface area contributed by atoms with Crippen molar-refractivity contribution in [2.24, 2.45) is 0 Å². The molecule has 53 heavy (non-hydrogen) atoms. The van der Waals surface area contributed by atoms with Gasteiger partial charge in [0.05, 0.1) is 11.4 Å². The van der Waals surface area contributed by atoms with Crippen molar-refractivity contribution >= 4 is 34.4 Å². The van der Waals surface area contributed by atoms with Crippen molar-refractivity contribution in [2.45, 2.75) is 19.3 Å². The molecule has 0 saturated heterocycles. The molecule has 5 heteroatoms. The SMILES string of the molecule is CNc1ccc(-c2c3c(c(-c4ccc(Cc5ccccc5)cc4)c4ccccc24)C=CCC3)cc1N(C)O.N=Cc1ccccc1-c1ccccc1.[Y]. The second kappa shape index (κ2) is 17.6. The number of hydrogen-bond acceptors (Lipinski definition) is 4. The normalized spacial score (nSPS) is 11.5. The van der Waals surface area contributed by atoms with Crippen LogP contribution in [0.2, 0.25) is 0 Å². The number of hydroxylamine groups is 1. The van der Waals surface area contributed by atoms with Gasteiger partial charge in [0.25, 0.3) is 0 Å². The van der Waals surface area contributed by atoms with Gasteiger partial charge in [-0.05, 0) is 103 Å².